The van der Waals surface area contributed by atoms with Crippen LogP contribution in [0.1, 0.15) is 26.3 Å². The molecular formula is C16H22ClNO2. The molecule has 0 aliphatic carbocycles. The van der Waals surface area contributed by atoms with Crippen LogP contribution in [0.2, 0.25) is 0 Å². The van der Waals surface area contributed by atoms with E-state index in [1.807, 2.05) is 24.3 Å². The van der Waals surface area contributed by atoms with Gasteiger partial charge in [-0.05, 0) is 17.0 Å². The molecule has 3 nitrogen and oxygen atoms in total. The molecule has 0 spiro atoms. The van der Waals surface area contributed by atoms with Crippen LogP contribution in [0.4, 0.5) is 5.69 Å². The van der Waals surface area contributed by atoms with Crippen LogP contribution in [0.25, 0.3) is 0 Å². The van der Waals surface area contributed by atoms with Gasteiger partial charge in [0.2, 0.25) is 5.91 Å². The standard InChI is InChI=1S/C16H22ClNO2/c1-5-10-20-12-18(15(19)11-17)14-9-7-6-8-13(14)16(2,3)4/h5-9H,1,10-12H2,2-4H3. The number of rotatable bonds is 6. The highest BCUT2D eigenvalue weighted by molar-refractivity contribution is 6.29. The number of anilines is 1. The molecule has 0 saturated heterocycles. The van der Waals surface area contributed by atoms with E-state index < -0.39 is 0 Å². The Labute approximate surface area is 126 Å². The van der Waals surface area contributed by atoms with Crippen molar-refractivity contribution in [3.8, 4) is 0 Å². The fraction of sp³-hybridized carbons (Fsp3) is 0.438. The first-order chi connectivity index (χ1) is 9.41. The van der Waals surface area contributed by atoms with Crippen molar-refractivity contribution >= 4 is 23.2 Å². The van der Waals surface area contributed by atoms with Crippen LogP contribution in [0, 0.1) is 0 Å². The van der Waals surface area contributed by atoms with Crippen LogP contribution < -0.4 is 4.90 Å². The number of halogens is 1. The molecule has 1 amide bonds. The zero-order valence-corrected chi connectivity index (χ0v) is 13.1. The van der Waals surface area contributed by atoms with Crippen LogP contribution in [0.3, 0.4) is 0 Å². The molecule has 0 heterocycles. The zero-order valence-electron chi connectivity index (χ0n) is 12.4. The Morgan fingerprint density at radius 1 is 1.40 bits per heavy atom. The van der Waals surface area contributed by atoms with Gasteiger partial charge < -0.3 is 4.74 Å². The summed E-state index contributed by atoms with van der Waals surface area (Å²) in [5.41, 5.74) is 1.86. The highest BCUT2D eigenvalue weighted by Gasteiger charge is 2.23. The molecular weight excluding hydrogens is 274 g/mol. The average molecular weight is 296 g/mol. The number of benzene rings is 1. The van der Waals surface area contributed by atoms with Gasteiger partial charge >= 0.3 is 0 Å². The lowest BCUT2D eigenvalue weighted by Gasteiger charge is -2.29. The topological polar surface area (TPSA) is 29.5 Å². The van der Waals surface area contributed by atoms with Crippen molar-refractivity contribution in [2.75, 3.05) is 24.1 Å². The molecule has 0 radical (unpaired) electrons. The van der Waals surface area contributed by atoms with E-state index in [1.165, 1.54) is 0 Å². The van der Waals surface area contributed by atoms with Crippen molar-refractivity contribution in [2.45, 2.75) is 26.2 Å². The summed E-state index contributed by atoms with van der Waals surface area (Å²) in [5, 5.41) is 0. The quantitative estimate of drug-likeness (QED) is 0.346. The predicted octanol–water partition coefficient (Wildman–Crippen LogP) is 3.72. The molecule has 0 bridgehead atoms. The Bertz CT molecular complexity index is 466. The van der Waals surface area contributed by atoms with Gasteiger partial charge in [-0.1, -0.05) is 45.0 Å². The van der Waals surface area contributed by atoms with Crippen molar-refractivity contribution in [2.24, 2.45) is 0 Å². The van der Waals surface area contributed by atoms with Crippen LogP contribution in [-0.2, 0) is 14.9 Å². The van der Waals surface area contributed by atoms with Gasteiger partial charge in [-0.3, -0.25) is 9.69 Å². The molecule has 0 aliphatic rings. The molecule has 1 aromatic rings. The monoisotopic (exact) mass is 295 g/mol. The molecule has 0 atom stereocenters. The number of hydrogen-bond acceptors (Lipinski definition) is 2. The molecule has 20 heavy (non-hydrogen) atoms. The van der Waals surface area contributed by atoms with E-state index in [0.29, 0.717) is 6.61 Å². The SMILES string of the molecule is C=CCOCN(C(=O)CCl)c1ccccc1C(C)(C)C. The van der Waals surface area contributed by atoms with Gasteiger partial charge in [0.1, 0.15) is 12.6 Å². The number of nitrogens with zero attached hydrogens (tertiary/aromatic N) is 1. The Morgan fingerprint density at radius 2 is 2.05 bits per heavy atom. The fourth-order valence-electron chi connectivity index (χ4n) is 1.92. The molecule has 1 rings (SSSR count). The maximum Gasteiger partial charge on any atom is 0.243 e. The lowest BCUT2D eigenvalue weighted by atomic mass is 9.85. The predicted molar refractivity (Wildman–Crippen MR) is 84.4 cm³/mol. The highest BCUT2D eigenvalue weighted by Crippen LogP contribution is 2.32. The fourth-order valence-corrected chi connectivity index (χ4v) is 2.06. The van der Waals surface area contributed by atoms with Gasteiger partial charge in [-0.25, -0.2) is 0 Å². The molecule has 1 aromatic carbocycles. The second kappa shape index (κ2) is 7.46. The van der Waals surface area contributed by atoms with E-state index >= 15 is 0 Å². The first-order valence-corrected chi connectivity index (χ1v) is 7.09. The van der Waals surface area contributed by atoms with E-state index in [4.69, 9.17) is 16.3 Å². The van der Waals surface area contributed by atoms with Gasteiger partial charge in [0, 0.05) is 5.69 Å². The van der Waals surface area contributed by atoms with Crippen LogP contribution in [0.5, 0.6) is 0 Å². The van der Waals surface area contributed by atoms with Crippen molar-refractivity contribution < 1.29 is 9.53 Å². The van der Waals surface area contributed by atoms with Crippen molar-refractivity contribution in [1.82, 2.24) is 0 Å². The second-order valence-corrected chi connectivity index (χ2v) is 5.78. The van der Waals surface area contributed by atoms with Crippen LogP contribution >= 0.6 is 11.6 Å². The molecule has 4 heteroatoms. The summed E-state index contributed by atoms with van der Waals surface area (Å²) in [6.45, 7) is 10.5. The lowest BCUT2D eigenvalue weighted by molar-refractivity contribution is -0.117. The number of carbonyl (C=O) groups is 1. The third-order valence-corrected chi connectivity index (χ3v) is 3.10. The zero-order chi connectivity index (χ0) is 15.2. The first-order valence-electron chi connectivity index (χ1n) is 6.56. The number of hydrogen-bond donors (Lipinski definition) is 0. The Balaban J connectivity index is 3.13. The summed E-state index contributed by atoms with van der Waals surface area (Å²) in [6, 6.07) is 7.82. The van der Waals surface area contributed by atoms with E-state index in [-0.39, 0.29) is 23.9 Å². The van der Waals surface area contributed by atoms with Crippen molar-refractivity contribution in [1.29, 1.82) is 0 Å². The summed E-state index contributed by atoms with van der Waals surface area (Å²) in [7, 11) is 0. The molecule has 0 N–H and O–H groups in total. The van der Waals surface area contributed by atoms with Crippen LogP contribution in [-0.4, -0.2) is 25.1 Å². The molecule has 0 saturated carbocycles. The van der Waals surface area contributed by atoms with Gasteiger partial charge in [0.25, 0.3) is 0 Å². The minimum absolute atomic E-state index is 0.0696. The Morgan fingerprint density at radius 3 is 2.60 bits per heavy atom. The molecule has 0 fully saturated rings. The van der Waals surface area contributed by atoms with Gasteiger partial charge in [-0.15, -0.1) is 18.2 Å². The average Bonchev–Trinajstić information content (AvgIpc) is 2.42. The van der Waals surface area contributed by atoms with Crippen molar-refractivity contribution in [3.63, 3.8) is 0 Å². The van der Waals surface area contributed by atoms with E-state index in [1.54, 1.807) is 11.0 Å². The smallest absolute Gasteiger partial charge is 0.243 e. The number of amides is 1. The minimum atomic E-state index is -0.174. The van der Waals surface area contributed by atoms with E-state index in [2.05, 4.69) is 27.4 Å². The largest absolute Gasteiger partial charge is 0.357 e. The van der Waals surface area contributed by atoms with Crippen LogP contribution in [0.15, 0.2) is 36.9 Å². The highest BCUT2D eigenvalue weighted by atomic mass is 35.5. The van der Waals surface area contributed by atoms with Gasteiger partial charge in [-0.2, -0.15) is 0 Å². The third-order valence-electron chi connectivity index (χ3n) is 2.87. The normalized spacial score (nSPS) is 11.2. The Hall–Kier alpha value is -1.32. The van der Waals surface area contributed by atoms with Gasteiger partial charge in [0.15, 0.2) is 0 Å². The minimum Gasteiger partial charge on any atom is -0.357 e. The lowest BCUT2D eigenvalue weighted by Crippen LogP contribution is -2.36. The number of alkyl halides is 1. The number of para-hydroxylation sites is 1. The molecule has 0 aliphatic heterocycles. The summed E-state index contributed by atoms with van der Waals surface area (Å²) in [5.74, 6) is -0.247. The summed E-state index contributed by atoms with van der Waals surface area (Å²) in [6.07, 6.45) is 1.65. The van der Waals surface area contributed by atoms with Crippen molar-refractivity contribution in [3.05, 3.63) is 42.5 Å². The molecule has 0 unspecified atom stereocenters. The van der Waals surface area contributed by atoms with Gasteiger partial charge in [0.05, 0.1) is 6.61 Å². The summed E-state index contributed by atoms with van der Waals surface area (Å²) < 4.78 is 5.42. The maximum absolute atomic E-state index is 12.1. The molecule has 110 valence electrons. The number of ether oxygens (including phenoxy) is 1. The molecule has 0 aromatic heterocycles. The maximum atomic E-state index is 12.1. The van der Waals surface area contributed by atoms with E-state index in [0.717, 1.165) is 11.3 Å². The number of carbonyl (C=O) groups excluding carboxylic acids is 1. The second-order valence-electron chi connectivity index (χ2n) is 5.51. The summed E-state index contributed by atoms with van der Waals surface area (Å²) in [4.78, 5) is 13.7. The first kappa shape index (κ1) is 16.7. The Kier molecular flexibility index (Phi) is 6.24. The third kappa shape index (κ3) is 4.36. The van der Waals surface area contributed by atoms with E-state index in [9.17, 15) is 4.79 Å². The summed E-state index contributed by atoms with van der Waals surface area (Å²) >= 11 is 5.71.